The Balaban J connectivity index is 1.59. The Morgan fingerprint density at radius 1 is 1.11 bits per heavy atom. The van der Waals surface area contributed by atoms with Gasteiger partial charge in [0.15, 0.2) is 16.7 Å². The highest BCUT2D eigenvalue weighted by Gasteiger charge is 2.30. The number of rotatable bonds is 8. The molecule has 184 valence electrons. The molecular weight excluding hydrogens is 544 g/mol. The molecule has 0 unspecified atom stereocenters. The van der Waals surface area contributed by atoms with E-state index in [9.17, 15) is 14.7 Å². The molecule has 1 N–H and O–H groups in total. The number of nitrogens with zero attached hydrogens (tertiary/aromatic N) is 2. The molecule has 1 heterocycles. The van der Waals surface area contributed by atoms with Crippen molar-refractivity contribution >= 4 is 56.5 Å². The van der Waals surface area contributed by atoms with Crippen LogP contribution in [0.25, 0.3) is 6.08 Å². The fourth-order valence-electron chi connectivity index (χ4n) is 3.43. The summed E-state index contributed by atoms with van der Waals surface area (Å²) in [5.74, 6) is -0.0802. The van der Waals surface area contributed by atoms with E-state index >= 15 is 0 Å². The largest absolute Gasteiger partial charge is 0.490 e. The van der Waals surface area contributed by atoms with Crippen LogP contribution < -0.4 is 9.47 Å². The maximum atomic E-state index is 12.9. The standard InChI is InChI=1S/C27H23BrN2O5S/c1-3-34-22-13-18(12-21(28)24(22)35-16-17-8-5-4-6-9-17)14-23-25(31)30(2)27(36-23)29-20-11-7-10-19(15-20)26(32)33/h4-15H,3,16H2,1-2H3,(H,32,33)/b23-14+,29-27?. The number of hydrogen-bond donors (Lipinski definition) is 1. The number of carboxylic acid groups (broad SMARTS) is 1. The Morgan fingerprint density at radius 2 is 1.89 bits per heavy atom. The fraction of sp³-hybridized carbons (Fsp3) is 0.148. The van der Waals surface area contributed by atoms with Crippen molar-refractivity contribution in [1.29, 1.82) is 0 Å². The van der Waals surface area contributed by atoms with E-state index in [2.05, 4.69) is 20.9 Å². The summed E-state index contributed by atoms with van der Waals surface area (Å²) in [5.41, 5.74) is 2.39. The molecule has 1 aliphatic heterocycles. The number of carboxylic acids is 1. The van der Waals surface area contributed by atoms with Crippen LogP contribution in [0.1, 0.15) is 28.4 Å². The highest BCUT2D eigenvalue weighted by Crippen LogP contribution is 2.40. The van der Waals surface area contributed by atoms with Gasteiger partial charge in [-0.15, -0.1) is 0 Å². The van der Waals surface area contributed by atoms with Crippen molar-refractivity contribution in [3.05, 3.63) is 92.8 Å². The van der Waals surface area contributed by atoms with Crippen molar-refractivity contribution in [2.24, 2.45) is 4.99 Å². The van der Waals surface area contributed by atoms with Crippen LogP contribution in [0.15, 0.2) is 81.1 Å². The summed E-state index contributed by atoms with van der Waals surface area (Å²) in [6, 6.07) is 19.8. The number of aliphatic imine (C=N–C) groups is 1. The van der Waals surface area contributed by atoms with Gasteiger partial charge in [0.1, 0.15) is 6.61 Å². The van der Waals surface area contributed by atoms with Crippen LogP contribution in [-0.4, -0.2) is 40.7 Å². The van der Waals surface area contributed by atoms with Gasteiger partial charge in [-0.25, -0.2) is 9.79 Å². The predicted molar refractivity (Wildman–Crippen MR) is 145 cm³/mol. The zero-order chi connectivity index (χ0) is 25.7. The van der Waals surface area contributed by atoms with Crippen molar-refractivity contribution in [1.82, 2.24) is 4.90 Å². The molecule has 1 amide bonds. The molecule has 0 radical (unpaired) electrons. The lowest BCUT2D eigenvalue weighted by molar-refractivity contribution is -0.121. The third kappa shape index (κ3) is 5.98. The summed E-state index contributed by atoms with van der Waals surface area (Å²) in [6.07, 6.45) is 1.77. The van der Waals surface area contributed by atoms with Gasteiger partial charge in [0, 0.05) is 7.05 Å². The highest BCUT2D eigenvalue weighted by atomic mass is 79.9. The van der Waals surface area contributed by atoms with Gasteiger partial charge >= 0.3 is 5.97 Å². The molecule has 0 bridgehead atoms. The average molecular weight is 567 g/mol. The summed E-state index contributed by atoms with van der Waals surface area (Å²) in [4.78, 5) is 30.6. The Kier molecular flexibility index (Phi) is 8.12. The normalized spacial score (nSPS) is 15.5. The van der Waals surface area contributed by atoms with E-state index < -0.39 is 5.97 Å². The van der Waals surface area contributed by atoms with Gasteiger partial charge in [0.25, 0.3) is 5.91 Å². The molecule has 0 aliphatic carbocycles. The van der Waals surface area contributed by atoms with E-state index in [1.165, 1.54) is 28.8 Å². The molecule has 36 heavy (non-hydrogen) atoms. The second kappa shape index (κ2) is 11.5. The van der Waals surface area contributed by atoms with E-state index in [0.29, 0.717) is 44.9 Å². The molecule has 7 nitrogen and oxygen atoms in total. The fourth-order valence-corrected chi connectivity index (χ4v) is 4.99. The minimum atomic E-state index is -1.03. The number of ether oxygens (including phenoxy) is 2. The van der Waals surface area contributed by atoms with Gasteiger partial charge in [-0.2, -0.15) is 0 Å². The number of amides is 1. The molecule has 0 aromatic heterocycles. The van der Waals surface area contributed by atoms with Crippen LogP contribution in [0, 0.1) is 0 Å². The number of benzene rings is 3. The summed E-state index contributed by atoms with van der Waals surface area (Å²) in [5, 5.41) is 9.67. The quantitative estimate of drug-likeness (QED) is 0.319. The summed E-state index contributed by atoms with van der Waals surface area (Å²) >= 11 is 4.80. The molecule has 1 aliphatic rings. The zero-order valence-electron chi connectivity index (χ0n) is 19.6. The van der Waals surface area contributed by atoms with E-state index in [1.54, 1.807) is 25.3 Å². The Hall–Kier alpha value is -3.56. The molecule has 9 heteroatoms. The van der Waals surface area contributed by atoms with Crippen LogP contribution in [-0.2, 0) is 11.4 Å². The number of hydrogen-bond acceptors (Lipinski definition) is 6. The second-order valence-corrected chi connectivity index (χ2v) is 9.63. The van der Waals surface area contributed by atoms with Gasteiger partial charge in [-0.3, -0.25) is 9.69 Å². The van der Waals surface area contributed by atoms with Crippen LogP contribution in [0.2, 0.25) is 0 Å². The van der Waals surface area contributed by atoms with Crippen LogP contribution >= 0.6 is 27.7 Å². The number of amidine groups is 1. The van der Waals surface area contributed by atoms with Crippen molar-refractivity contribution < 1.29 is 24.2 Å². The highest BCUT2D eigenvalue weighted by molar-refractivity contribution is 9.10. The Morgan fingerprint density at radius 3 is 2.61 bits per heavy atom. The molecule has 0 saturated carbocycles. The van der Waals surface area contributed by atoms with E-state index in [0.717, 1.165) is 11.1 Å². The van der Waals surface area contributed by atoms with Crippen molar-refractivity contribution in [2.75, 3.05) is 13.7 Å². The third-order valence-electron chi connectivity index (χ3n) is 5.18. The second-order valence-electron chi connectivity index (χ2n) is 7.76. The lowest BCUT2D eigenvalue weighted by Gasteiger charge is -2.15. The topological polar surface area (TPSA) is 88.4 Å². The summed E-state index contributed by atoms with van der Waals surface area (Å²) < 4.78 is 12.6. The van der Waals surface area contributed by atoms with Crippen molar-refractivity contribution in [3.8, 4) is 11.5 Å². The minimum Gasteiger partial charge on any atom is -0.490 e. The van der Waals surface area contributed by atoms with Gasteiger partial charge in [0.2, 0.25) is 0 Å². The third-order valence-corrected chi connectivity index (χ3v) is 6.83. The van der Waals surface area contributed by atoms with Crippen LogP contribution in [0.5, 0.6) is 11.5 Å². The number of aromatic carboxylic acids is 1. The number of likely N-dealkylation sites (N-methyl/N-ethyl adjacent to an activating group) is 1. The van der Waals surface area contributed by atoms with E-state index in [4.69, 9.17) is 9.47 Å². The number of thioether (sulfide) groups is 1. The first-order valence-electron chi connectivity index (χ1n) is 11.1. The zero-order valence-corrected chi connectivity index (χ0v) is 22.0. The first kappa shape index (κ1) is 25.5. The number of carbonyl (C=O) groups excluding carboxylic acids is 1. The molecule has 1 fully saturated rings. The minimum absolute atomic E-state index is 0.132. The maximum absolute atomic E-state index is 12.9. The van der Waals surface area contributed by atoms with Crippen LogP contribution in [0.4, 0.5) is 5.69 Å². The van der Waals surface area contributed by atoms with E-state index in [-0.39, 0.29) is 11.5 Å². The molecule has 3 aromatic carbocycles. The lowest BCUT2D eigenvalue weighted by atomic mass is 10.1. The van der Waals surface area contributed by atoms with E-state index in [1.807, 2.05) is 49.4 Å². The van der Waals surface area contributed by atoms with Gasteiger partial charge in [-0.05, 0) is 82.2 Å². The smallest absolute Gasteiger partial charge is 0.335 e. The van der Waals surface area contributed by atoms with Gasteiger partial charge in [-0.1, -0.05) is 36.4 Å². The SMILES string of the molecule is CCOc1cc(/C=C2/SC(=Nc3cccc(C(=O)O)c3)N(C)C2=O)cc(Br)c1OCc1ccccc1. The van der Waals surface area contributed by atoms with Crippen LogP contribution in [0.3, 0.4) is 0 Å². The number of carbonyl (C=O) groups is 2. The van der Waals surface area contributed by atoms with Crippen molar-refractivity contribution in [2.45, 2.75) is 13.5 Å². The molecule has 4 rings (SSSR count). The molecular formula is C27H23BrN2O5S. The number of halogens is 1. The molecule has 1 saturated heterocycles. The van der Waals surface area contributed by atoms with Crippen molar-refractivity contribution in [3.63, 3.8) is 0 Å². The predicted octanol–water partition coefficient (Wildman–Crippen LogP) is 6.36. The van der Waals surface area contributed by atoms with Gasteiger partial charge in [0.05, 0.1) is 27.2 Å². The Labute approximate surface area is 221 Å². The first-order chi connectivity index (χ1) is 17.4. The Bertz CT molecular complexity index is 1360. The average Bonchev–Trinajstić information content (AvgIpc) is 3.12. The molecule has 0 spiro atoms. The summed E-state index contributed by atoms with van der Waals surface area (Å²) in [6.45, 7) is 2.74. The van der Waals surface area contributed by atoms with Gasteiger partial charge < -0.3 is 14.6 Å². The lowest BCUT2D eigenvalue weighted by Crippen LogP contribution is -2.23. The first-order valence-corrected chi connectivity index (χ1v) is 12.7. The summed E-state index contributed by atoms with van der Waals surface area (Å²) in [7, 11) is 1.64. The molecule has 0 atom stereocenters. The monoisotopic (exact) mass is 566 g/mol. The maximum Gasteiger partial charge on any atom is 0.335 e. The molecule has 3 aromatic rings.